The van der Waals surface area contributed by atoms with Crippen LogP contribution in [0.1, 0.15) is 0 Å². The zero-order valence-corrected chi connectivity index (χ0v) is 3.13. The molecule has 0 aliphatic carbocycles. The first-order valence-electron chi connectivity index (χ1n) is 1.37. The van der Waals surface area contributed by atoms with Gasteiger partial charge in [-0.15, -0.1) is 0 Å². The Labute approximate surface area is 39.1 Å². The third-order valence-electron chi connectivity index (χ3n) is 0.213. The first-order chi connectivity index (χ1) is 2.91. The van der Waals surface area contributed by atoms with Gasteiger partial charge in [-0.05, 0) is 0 Å². The Morgan fingerprint density at radius 1 is 1.67 bits per heavy atom. The molecule has 0 aromatic rings. The maximum absolute atomic E-state index is 9.23. The summed E-state index contributed by atoms with van der Waals surface area (Å²) in [7, 11) is 6.14. The van der Waals surface area contributed by atoms with Gasteiger partial charge in [-0.25, -0.2) is 0 Å². The van der Waals surface area contributed by atoms with Crippen molar-refractivity contribution in [3.8, 4) is 0 Å². The predicted molar refractivity (Wildman–Crippen MR) is 24.8 cm³/mol. The van der Waals surface area contributed by atoms with E-state index in [0.717, 1.165) is 13.7 Å². The van der Waals surface area contributed by atoms with Crippen LogP contribution in [0.5, 0.6) is 0 Å². The quantitative estimate of drug-likeness (QED) is 0.365. The summed E-state index contributed by atoms with van der Waals surface area (Å²) in [5, 5.41) is 0. The van der Waals surface area contributed by atoms with E-state index in [2.05, 4.69) is 4.57 Å². The SMILES string of the molecule is [B]B=BOB=O. The maximum atomic E-state index is 9.23. The number of rotatable bonds is 2. The zero-order chi connectivity index (χ0) is 4.83. The van der Waals surface area contributed by atoms with Gasteiger partial charge in [0.1, 0.15) is 0 Å². The Morgan fingerprint density at radius 3 is 2.50 bits per heavy atom. The molecule has 2 radical (unpaired) electrons. The van der Waals surface area contributed by atoms with Crippen LogP contribution in [0.15, 0.2) is 0 Å². The average molecular weight is 75.2 g/mol. The van der Waals surface area contributed by atoms with Crippen LogP contribution in [0.2, 0.25) is 0 Å². The van der Waals surface area contributed by atoms with Crippen molar-refractivity contribution in [3.63, 3.8) is 0 Å². The Hall–Kier alpha value is -0.140. The van der Waals surface area contributed by atoms with Crippen LogP contribution in [-0.4, -0.2) is 28.8 Å². The molecule has 0 rings (SSSR count). The summed E-state index contributed by atoms with van der Waals surface area (Å²) < 4.78 is 13.2. The van der Waals surface area contributed by atoms with Gasteiger partial charge in [0.05, 0.1) is 0 Å². The molecule has 0 saturated carbocycles. The van der Waals surface area contributed by atoms with E-state index in [1.807, 2.05) is 0 Å². The van der Waals surface area contributed by atoms with E-state index >= 15 is 0 Å². The minimum atomic E-state index is 0.295. The molecule has 6 heavy (non-hydrogen) atoms. The fourth-order valence-electron chi connectivity index (χ4n) is 0.0774. The van der Waals surface area contributed by atoms with Crippen molar-refractivity contribution in [3.05, 3.63) is 0 Å². The molecule has 0 amide bonds. The fraction of sp³-hybridized carbons (Fsp3) is 0. The molecule has 6 heteroatoms. The molecular formula is B4O2. The summed E-state index contributed by atoms with van der Waals surface area (Å²) in [5.74, 6) is 0. The predicted octanol–water partition coefficient (Wildman–Crippen LogP) is -1.71. The Kier molecular flexibility index (Phi) is 4.75. The van der Waals surface area contributed by atoms with Gasteiger partial charge >= 0.3 is 38.1 Å². The summed E-state index contributed by atoms with van der Waals surface area (Å²) in [5.41, 5.74) is 0. The van der Waals surface area contributed by atoms with E-state index in [1.165, 1.54) is 0 Å². The summed E-state index contributed by atoms with van der Waals surface area (Å²) in [6.45, 7) is 1.13. The third-order valence-corrected chi connectivity index (χ3v) is 0.213. The minimum absolute atomic E-state index is 0.295. The van der Waals surface area contributed by atoms with E-state index in [9.17, 15) is 4.70 Å². The fourth-order valence-corrected chi connectivity index (χ4v) is 0.0774. The Morgan fingerprint density at radius 2 is 2.33 bits per heavy atom. The molecule has 0 atom stereocenters. The first-order valence-corrected chi connectivity index (χ1v) is 1.37. The second-order valence-electron chi connectivity index (χ2n) is 0.561. The second-order valence-corrected chi connectivity index (χ2v) is 0.561. The van der Waals surface area contributed by atoms with Gasteiger partial charge in [0.25, 0.3) is 0 Å². The van der Waals surface area contributed by atoms with Gasteiger partial charge in [-0.1, -0.05) is 0 Å². The molecule has 0 fully saturated rings. The molecule has 0 N–H and O–H groups in total. The van der Waals surface area contributed by atoms with Crippen LogP contribution in [0, 0.1) is 0 Å². The molecular weight excluding hydrogens is 75.2 g/mol. The second kappa shape index (κ2) is 4.86. The molecule has 0 bridgehead atoms. The van der Waals surface area contributed by atoms with E-state index in [-0.39, 0.29) is 0 Å². The van der Waals surface area contributed by atoms with E-state index in [0.29, 0.717) is 7.35 Å². The third kappa shape index (κ3) is 3.86. The van der Waals surface area contributed by atoms with E-state index < -0.39 is 0 Å². The van der Waals surface area contributed by atoms with Crippen LogP contribution >= 0.6 is 0 Å². The normalized spacial score (nSPS) is 5.33. The number of hydrogen-bond donors (Lipinski definition) is 0. The summed E-state index contributed by atoms with van der Waals surface area (Å²) >= 11 is 0. The summed E-state index contributed by atoms with van der Waals surface area (Å²) in [6, 6.07) is 0. The molecule has 24 valence electrons. The summed E-state index contributed by atoms with van der Waals surface area (Å²) in [6.07, 6.45) is 0. The first kappa shape index (κ1) is 5.86. The van der Waals surface area contributed by atoms with Crippen LogP contribution in [-0.2, 0) is 9.28 Å². The van der Waals surface area contributed by atoms with Gasteiger partial charge in [0, 0.05) is 0 Å². The van der Waals surface area contributed by atoms with E-state index in [1.54, 1.807) is 0 Å². The molecule has 0 aliphatic heterocycles. The van der Waals surface area contributed by atoms with Crippen molar-refractivity contribution in [2.24, 2.45) is 0 Å². The van der Waals surface area contributed by atoms with Gasteiger partial charge in [-0.2, -0.15) is 0 Å². The topological polar surface area (TPSA) is 26.3 Å². The van der Waals surface area contributed by atoms with Gasteiger partial charge < -0.3 is 0 Å². The Balaban J connectivity index is 2.85. The van der Waals surface area contributed by atoms with Crippen molar-refractivity contribution < 1.29 is 9.28 Å². The molecule has 0 aromatic carbocycles. The van der Waals surface area contributed by atoms with Crippen LogP contribution in [0.3, 0.4) is 0 Å². The van der Waals surface area contributed by atoms with Crippen LogP contribution in [0.25, 0.3) is 0 Å². The molecule has 0 saturated heterocycles. The zero-order valence-electron chi connectivity index (χ0n) is 3.13. The molecule has 0 aromatic heterocycles. The molecule has 0 aliphatic rings. The molecule has 0 unspecified atom stereocenters. The van der Waals surface area contributed by atoms with Gasteiger partial charge in [0.2, 0.25) is 0 Å². The molecule has 2 nitrogen and oxygen atoms in total. The van der Waals surface area contributed by atoms with Crippen molar-refractivity contribution in [2.75, 3.05) is 0 Å². The van der Waals surface area contributed by atoms with E-state index in [4.69, 9.17) is 7.74 Å². The summed E-state index contributed by atoms with van der Waals surface area (Å²) in [4.78, 5) is 0. The van der Waals surface area contributed by atoms with Crippen molar-refractivity contribution in [1.82, 2.24) is 0 Å². The monoisotopic (exact) mass is 76.0 g/mol. The average Bonchev–Trinajstić information content (AvgIpc) is 1.61. The number of hydrogen-bond acceptors (Lipinski definition) is 2. The van der Waals surface area contributed by atoms with Crippen LogP contribution < -0.4 is 0 Å². The Bertz CT molecular complexity index is 56.6. The van der Waals surface area contributed by atoms with Gasteiger partial charge in [-0.3, -0.25) is 0 Å². The standard InChI is InChI=1S/B4O2/c1-2-3-6-4-5. The van der Waals surface area contributed by atoms with Crippen LogP contribution in [0.4, 0.5) is 0 Å². The van der Waals surface area contributed by atoms with Crippen molar-refractivity contribution >= 4 is 28.8 Å². The van der Waals surface area contributed by atoms with Crippen molar-refractivity contribution in [2.45, 2.75) is 0 Å². The van der Waals surface area contributed by atoms with Gasteiger partial charge in [0.15, 0.2) is 0 Å². The molecule has 0 heterocycles. The molecule has 0 spiro atoms. The van der Waals surface area contributed by atoms with Crippen molar-refractivity contribution in [1.29, 1.82) is 0 Å².